The molecule has 364 valence electrons. The van der Waals surface area contributed by atoms with Crippen molar-refractivity contribution in [2.24, 2.45) is 0 Å². The molecule has 10 nitrogen and oxygen atoms in total. The number of unbranched alkanes of at least 4 members (excludes halogenated alkanes) is 18. The average Bonchev–Trinajstić information content (AvgIpc) is 3.26. The molecule has 2 aromatic rings. The van der Waals surface area contributed by atoms with Crippen LogP contribution in [0.4, 0.5) is 0 Å². The van der Waals surface area contributed by atoms with Crippen molar-refractivity contribution in [3.05, 3.63) is 71.8 Å². The first-order chi connectivity index (χ1) is 31.0. The van der Waals surface area contributed by atoms with Gasteiger partial charge in [-0.05, 0) is 62.5 Å². The summed E-state index contributed by atoms with van der Waals surface area (Å²) in [5, 5.41) is 20.8. The second-order valence-corrected chi connectivity index (χ2v) is 17.4. The Morgan fingerprint density at radius 1 is 0.415 bits per heavy atom. The number of rotatable bonds is 40. The van der Waals surface area contributed by atoms with Crippen molar-refractivity contribution >= 4 is 72.8 Å². The molecule has 65 heavy (non-hydrogen) atoms. The predicted molar refractivity (Wildman–Crippen MR) is 258 cm³/mol. The fraction of sp³-hybridized carbons (Fsp3) is 0.704. The molecule has 0 N–H and O–H groups in total. The van der Waals surface area contributed by atoms with Gasteiger partial charge in [-0.15, -0.1) is 0 Å². The van der Waals surface area contributed by atoms with E-state index < -0.39 is 11.9 Å². The minimum absolute atomic E-state index is 0. The Labute approximate surface area is 434 Å². The Kier molecular flexibility index (Phi) is 42.8. The van der Waals surface area contributed by atoms with Crippen molar-refractivity contribution in [2.75, 3.05) is 0 Å². The number of hydrogen-bond donors (Lipinski definition) is 0. The van der Waals surface area contributed by atoms with Crippen LogP contribution in [-0.2, 0) is 51.3 Å². The summed E-state index contributed by atoms with van der Waals surface area (Å²) in [5.41, 5.74) is 2.27. The number of carboxylic acids is 2. The van der Waals surface area contributed by atoms with Gasteiger partial charge in [0.25, 0.3) is 0 Å². The third-order valence-electron chi connectivity index (χ3n) is 11.5. The zero-order valence-corrected chi connectivity index (χ0v) is 45.5. The summed E-state index contributed by atoms with van der Waals surface area (Å²) in [6.07, 6.45) is 27.6. The van der Waals surface area contributed by atoms with Gasteiger partial charge in [0, 0.05) is 25.8 Å². The summed E-state index contributed by atoms with van der Waals surface area (Å²) in [6, 6.07) is 20.3. The van der Waals surface area contributed by atoms with Gasteiger partial charge in [-0.1, -0.05) is 203 Å². The predicted octanol–water partition coefficient (Wildman–Crippen LogP) is 11.1. The van der Waals surface area contributed by atoms with Crippen LogP contribution in [-0.4, -0.2) is 97.2 Å². The maximum Gasteiger partial charge on any atom is 2.00 e. The van der Waals surface area contributed by atoms with Gasteiger partial charge in [-0.2, -0.15) is 0 Å². The smallest absolute Gasteiger partial charge is 0.550 e. The van der Waals surface area contributed by atoms with E-state index in [1.54, 1.807) is 0 Å². The fourth-order valence-electron chi connectivity index (χ4n) is 8.00. The van der Waals surface area contributed by atoms with Gasteiger partial charge in [-0.25, -0.2) is 0 Å². The van der Waals surface area contributed by atoms with Gasteiger partial charge < -0.3 is 38.7 Å². The zero-order chi connectivity index (χ0) is 46.9. The second kappa shape index (κ2) is 44.3. The quantitative estimate of drug-likeness (QED) is 0.0358. The standard InChI is InChI=1S/2C27H44O5.Ba/c2*1-3-17-26(32-23(2)28)25(31-22-24-18-13-12-14-19-24)20-15-10-8-6-4-5-7-9-11-16-21-27(29)30;/h2*12-14,18-19,25-26H,3-11,15-17,20-22H2,1-2H3,(H,29,30);/q;;+2/p-2. The molecule has 0 fully saturated rings. The van der Waals surface area contributed by atoms with E-state index in [4.69, 9.17) is 18.9 Å². The van der Waals surface area contributed by atoms with Gasteiger partial charge in [-0.3, -0.25) is 9.59 Å². The summed E-state index contributed by atoms with van der Waals surface area (Å²) >= 11 is 0. The molecule has 0 radical (unpaired) electrons. The molecule has 0 heterocycles. The molecule has 11 heteroatoms. The van der Waals surface area contributed by atoms with E-state index in [1.807, 2.05) is 36.4 Å². The molecule has 0 bridgehead atoms. The molecule has 0 saturated carbocycles. The van der Waals surface area contributed by atoms with E-state index in [9.17, 15) is 29.4 Å². The molecule has 4 atom stereocenters. The maximum absolute atomic E-state index is 11.6. The SMILES string of the molecule is CCCC(OC(C)=O)C(CCCCCCCCCCCCC(=O)[O-])OCc1ccccc1.CCCC(OC(C)=O)C(CCCCCCCCCCCCC(=O)[O-])OCc1ccccc1.[Ba+2]. The molecular formula is C54H86BaO10. The van der Waals surface area contributed by atoms with E-state index in [0.717, 1.165) is 114 Å². The molecule has 0 aromatic heterocycles. The molecule has 0 aliphatic heterocycles. The van der Waals surface area contributed by atoms with Gasteiger partial charge in [0.1, 0.15) is 12.2 Å². The first-order valence-corrected chi connectivity index (χ1v) is 25.1. The number of aliphatic carboxylic acids is 2. The number of esters is 2. The summed E-state index contributed by atoms with van der Waals surface area (Å²) < 4.78 is 23.7. The Bertz CT molecular complexity index is 1320. The number of ether oxygens (including phenoxy) is 4. The third-order valence-corrected chi connectivity index (χ3v) is 11.5. The van der Waals surface area contributed by atoms with Crippen LogP contribution in [0.1, 0.15) is 219 Å². The molecule has 0 aliphatic carbocycles. The van der Waals surface area contributed by atoms with Crippen molar-refractivity contribution < 1.29 is 48.3 Å². The minimum atomic E-state index is -0.938. The number of hydrogen-bond acceptors (Lipinski definition) is 10. The Morgan fingerprint density at radius 3 is 0.954 bits per heavy atom. The summed E-state index contributed by atoms with van der Waals surface area (Å²) in [5.74, 6) is -2.36. The summed E-state index contributed by atoms with van der Waals surface area (Å²) in [6.45, 7) is 8.23. The maximum atomic E-state index is 11.6. The molecule has 4 unspecified atom stereocenters. The Balaban J connectivity index is 0.00000124. The number of carboxylic acid groups (broad SMARTS) is 2. The van der Waals surface area contributed by atoms with E-state index in [2.05, 4.69) is 38.1 Å². The Hall–Kier alpha value is -2.19. The van der Waals surface area contributed by atoms with Crippen LogP contribution in [0.25, 0.3) is 0 Å². The fourth-order valence-corrected chi connectivity index (χ4v) is 8.00. The van der Waals surface area contributed by atoms with Crippen LogP contribution in [0, 0.1) is 0 Å². The minimum Gasteiger partial charge on any atom is -0.550 e. The van der Waals surface area contributed by atoms with Gasteiger partial charge in [0.05, 0.1) is 25.4 Å². The first-order valence-electron chi connectivity index (χ1n) is 25.1. The van der Waals surface area contributed by atoms with E-state index in [-0.39, 0.29) is 98.1 Å². The number of carbonyl (C=O) groups excluding carboxylic acids is 4. The van der Waals surface area contributed by atoms with Crippen LogP contribution in [0.3, 0.4) is 0 Å². The van der Waals surface area contributed by atoms with Crippen molar-refractivity contribution in [1.29, 1.82) is 0 Å². The van der Waals surface area contributed by atoms with Crippen LogP contribution in [0.15, 0.2) is 60.7 Å². The van der Waals surface area contributed by atoms with Crippen molar-refractivity contribution in [3.8, 4) is 0 Å². The van der Waals surface area contributed by atoms with Crippen molar-refractivity contribution in [3.63, 3.8) is 0 Å². The monoisotopic (exact) mass is 1030 g/mol. The molecule has 2 rings (SSSR count). The number of carbonyl (C=O) groups is 4. The molecule has 0 saturated heterocycles. The van der Waals surface area contributed by atoms with Crippen LogP contribution in [0.2, 0.25) is 0 Å². The van der Waals surface area contributed by atoms with Crippen molar-refractivity contribution in [1.82, 2.24) is 0 Å². The van der Waals surface area contributed by atoms with E-state index in [1.165, 1.54) is 78.1 Å². The van der Waals surface area contributed by atoms with E-state index >= 15 is 0 Å². The van der Waals surface area contributed by atoms with Crippen molar-refractivity contribution in [2.45, 2.75) is 245 Å². The molecule has 0 aliphatic rings. The van der Waals surface area contributed by atoms with Crippen LogP contribution < -0.4 is 10.2 Å². The summed E-state index contributed by atoms with van der Waals surface area (Å²) in [4.78, 5) is 43.9. The summed E-state index contributed by atoms with van der Waals surface area (Å²) in [7, 11) is 0. The topological polar surface area (TPSA) is 151 Å². The second-order valence-electron chi connectivity index (χ2n) is 17.4. The van der Waals surface area contributed by atoms with Gasteiger partial charge in [0.15, 0.2) is 0 Å². The van der Waals surface area contributed by atoms with Crippen LogP contribution >= 0.6 is 0 Å². The molecule has 0 amide bonds. The van der Waals surface area contributed by atoms with Crippen LogP contribution in [0.5, 0.6) is 0 Å². The largest absolute Gasteiger partial charge is 2.00 e. The zero-order valence-electron chi connectivity index (χ0n) is 41.1. The normalized spacial score (nSPS) is 12.7. The van der Waals surface area contributed by atoms with Gasteiger partial charge in [0.2, 0.25) is 0 Å². The first kappa shape index (κ1) is 62.8. The third kappa shape index (κ3) is 38.5. The van der Waals surface area contributed by atoms with Gasteiger partial charge >= 0.3 is 60.8 Å². The number of benzene rings is 2. The Morgan fingerprint density at radius 2 is 0.692 bits per heavy atom. The molecule has 0 spiro atoms. The van der Waals surface area contributed by atoms with E-state index in [0.29, 0.717) is 13.2 Å². The molecule has 2 aromatic carbocycles. The average molecular weight is 1030 g/mol. The molecular weight excluding hydrogens is 946 g/mol.